The number of piperidine rings is 1. The van der Waals surface area contributed by atoms with Crippen molar-refractivity contribution in [3.05, 3.63) is 35.8 Å². The van der Waals surface area contributed by atoms with Crippen LogP contribution in [0.5, 0.6) is 0 Å². The molecule has 2 aromatic rings. The number of ether oxygens (including phenoxy) is 2. The van der Waals surface area contributed by atoms with E-state index in [-0.39, 0.29) is 32.1 Å². The SMILES string of the molecule is CN(C)S(=O)(=O)N1CCN(C(=O)c2cnc3ccc(F)cc3c2N2CCC3(CC2)OCCO3)CC1. The van der Waals surface area contributed by atoms with Crippen LogP contribution in [0.25, 0.3) is 10.9 Å². The van der Waals surface area contributed by atoms with Crippen molar-refractivity contribution < 1.29 is 27.1 Å². The van der Waals surface area contributed by atoms with Gasteiger partial charge in [-0.25, -0.2) is 4.39 Å². The van der Waals surface area contributed by atoms with E-state index >= 15 is 0 Å². The predicted octanol–water partition coefficient (Wildman–Crippen LogP) is 1.28. The molecule has 0 aliphatic carbocycles. The van der Waals surface area contributed by atoms with Crippen LogP contribution in [0.2, 0.25) is 0 Å². The van der Waals surface area contributed by atoms with Crippen molar-refractivity contribution in [2.75, 3.05) is 71.5 Å². The molecule has 3 fully saturated rings. The molecule has 12 heteroatoms. The molecule has 0 N–H and O–H groups in total. The molecule has 35 heavy (non-hydrogen) atoms. The molecule has 3 saturated heterocycles. The molecule has 3 aliphatic heterocycles. The van der Waals surface area contributed by atoms with Gasteiger partial charge < -0.3 is 19.3 Å². The fraction of sp³-hybridized carbons (Fsp3) is 0.565. The molecule has 5 rings (SSSR count). The molecular formula is C23H30FN5O5S. The molecule has 1 amide bonds. The number of aromatic nitrogens is 1. The van der Waals surface area contributed by atoms with Crippen LogP contribution in [0.4, 0.5) is 10.1 Å². The summed E-state index contributed by atoms with van der Waals surface area (Å²) in [7, 11) is -0.562. The molecule has 10 nitrogen and oxygen atoms in total. The first kappa shape index (κ1) is 24.3. The lowest BCUT2D eigenvalue weighted by atomic mass is 10.00. The Morgan fingerprint density at radius 2 is 1.71 bits per heavy atom. The minimum absolute atomic E-state index is 0.206. The van der Waals surface area contributed by atoms with Crippen molar-refractivity contribution in [1.29, 1.82) is 0 Å². The van der Waals surface area contributed by atoms with E-state index in [4.69, 9.17) is 9.47 Å². The standard InChI is InChI=1S/C23H30FN5O5S/c1-26(2)35(31,32)29-11-9-28(10-12-29)22(30)19-16-25-20-4-3-17(24)15-18(20)21(19)27-7-5-23(6-8-27)33-13-14-34-23/h3-4,15-16H,5-14H2,1-2H3. The second-order valence-electron chi connectivity index (χ2n) is 9.26. The normalized spacial score (nSPS) is 21.4. The predicted molar refractivity (Wildman–Crippen MR) is 128 cm³/mol. The van der Waals surface area contributed by atoms with Crippen LogP contribution in [-0.2, 0) is 19.7 Å². The molecule has 190 valence electrons. The Labute approximate surface area is 204 Å². The van der Waals surface area contributed by atoms with Gasteiger partial charge in [-0.2, -0.15) is 17.0 Å². The summed E-state index contributed by atoms with van der Waals surface area (Å²) in [6.45, 7) is 3.26. The minimum atomic E-state index is -3.54. The second kappa shape index (κ2) is 9.25. The third-order valence-corrected chi connectivity index (χ3v) is 8.94. The highest BCUT2D eigenvalue weighted by Gasteiger charge is 2.41. The molecule has 1 aromatic carbocycles. The lowest BCUT2D eigenvalue weighted by Gasteiger charge is -2.40. The molecule has 0 atom stereocenters. The number of carbonyl (C=O) groups excluding carboxylic acids is 1. The average Bonchev–Trinajstić information content (AvgIpc) is 3.31. The van der Waals surface area contributed by atoms with Crippen LogP contribution < -0.4 is 4.90 Å². The van der Waals surface area contributed by atoms with Crippen LogP contribution in [0.3, 0.4) is 0 Å². The van der Waals surface area contributed by atoms with E-state index in [1.54, 1.807) is 17.2 Å². The van der Waals surface area contributed by atoms with Crippen molar-refractivity contribution in [3.63, 3.8) is 0 Å². The monoisotopic (exact) mass is 507 g/mol. The number of anilines is 1. The minimum Gasteiger partial charge on any atom is -0.370 e. The Hall–Kier alpha value is -2.38. The fourth-order valence-electron chi connectivity index (χ4n) is 5.03. The summed E-state index contributed by atoms with van der Waals surface area (Å²) in [5.41, 5.74) is 1.64. The molecule has 3 aliphatic rings. The fourth-order valence-corrected chi connectivity index (χ4v) is 6.11. The van der Waals surface area contributed by atoms with E-state index in [0.717, 1.165) is 0 Å². The number of carbonyl (C=O) groups is 1. The van der Waals surface area contributed by atoms with Gasteiger partial charge in [0.25, 0.3) is 16.1 Å². The largest absolute Gasteiger partial charge is 0.370 e. The van der Waals surface area contributed by atoms with Gasteiger partial charge in [0.05, 0.1) is 30.0 Å². The molecular weight excluding hydrogens is 477 g/mol. The number of halogens is 1. The molecule has 0 saturated carbocycles. The highest BCUT2D eigenvalue weighted by atomic mass is 32.2. The number of pyridine rings is 1. The van der Waals surface area contributed by atoms with Gasteiger partial charge in [0.15, 0.2) is 5.79 Å². The summed E-state index contributed by atoms with van der Waals surface area (Å²) in [6, 6.07) is 4.39. The van der Waals surface area contributed by atoms with E-state index in [2.05, 4.69) is 9.88 Å². The second-order valence-corrected chi connectivity index (χ2v) is 11.4. The van der Waals surface area contributed by atoms with Crippen LogP contribution in [0.15, 0.2) is 24.4 Å². The van der Waals surface area contributed by atoms with Gasteiger partial charge >= 0.3 is 0 Å². The smallest absolute Gasteiger partial charge is 0.281 e. The van der Waals surface area contributed by atoms with E-state index in [9.17, 15) is 17.6 Å². The zero-order valence-corrected chi connectivity index (χ0v) is 20.8. The summed E-state index contributed by atoms with van der Waals surface area (Å²) >= 11 is 0. The highest BCUT2D eigenvalue weighted by molar-refractivity contribution is 7.86. The molecule has 1 spiro atoms. The lowest BCUT2D eigenvalue weighted by Crippen LogP contribution is -2.53. The summed E-state index contributed by atoms with van der Waals surface area (Å²) in [6.07, 6.45) is 2.83. The number of fused-ring (bicyclic) bond motifs is 1. The van der Waals surface area contributed by atoms with E-state index < -0.39 is 21.8 Å². The van der Waals surface area contributed by atoms with Gasteiger partial charge in [-0.15, -0.1) is 0 Å². The van der Waals surface area contributed by atoms with E-state index in [1.807, 2.05) is 0 Å². The lowest BCUT2D eigenvalue weighted by molar-refractivity contribution is -0.169. The highest BCUT2D eigenvalue weighted by Crippen LogP contribution is 2.37. The first-order chi connectivity index (χ1) is 16.7. The summed E-state index contributed by atoms with van der Waals surface area (Å²) in [4.78, 5) is 21.8. The Morgan fingerprint density at radius 1 is 1.06 bits per heavy atom. The zero-order chi connectivity index (χ0) is 24.8. The Bertz CT molecular complexity index is 1220. The van der Waals surface area contributed by atoms with Crippen molar-refractivity contribution in [3.8, 4) is 0 Å². The van der Waals surface area contributed by atoms with Crippen LogP contribution in [0, 0.1) is 5.82 Å². The van der Waals surface area contributed by atoms with E-state index in [0.29, 0.717) is 61.3 Å². The third-order valence-electron chi connectivity index (χ3n) is 7.00. The van der Waals surface area contributed by atoms with Gasteiger partial charge in [0.1, 0.15) is 5.82 Å². The van der Waals surface area contributed by atoms with Crippen molar-refractivity contribution in [1.82, 2.24) is 18.5 Å². The number of piperazine rings is 1. The topological polar surface area (TPSA) is 95.5 Å². The van der Waals surface area contributed by atoms with Gasteiger partial charge in [-0.05, 0) is 18.2 Å². The summed E-state index contributed by atoms with van der Waals surface area (Å²) in [5.74, 6) is -1.22. The Morgan fingerprint density at radius 3 is 2.34 bits per heavy atom. The van der Waals surface area contributed by atoms with Crippen molar-refractivity contribution in [2.24, 2.45) is 0 Å². The molecule has 0 unspecified atom stereocenters. The van der Waals surface area contributed by atoms with Crippen molar-refractivity contribution >= 4 is 32.7 Å². The zero-order valence-electron chi connectivity index (χ0n) is 19.9. The van der Waals surface area contributed by atoms with Gasteiger partial charge in [0, 0.05) is 77.8 Å². The number of nitrogens with zero attached hydrogens (tertiary/aromatic N) is 5. The third kappa shape index (κ3) is 4.49. The van der Waals surface area contributed by atoms with Crippen LogP contribution in [-0.4, -0.2) is 105 Å². The number of rotatable bonds is 4. The quantitative estimate of drug-likeness (QED) is 0.615. The van der Waals surface area contributed by atoms with Gasteiger partial charge in [-0.3, -0.25) is 9.78 Å². The molecule has 0 bridgehead atoms. The number of hydrogen-bond donors (Lipinski definition) is 0. The molecule has 4 heterocycles. The first-order valence-electron chi connectivity index (χ1n) is 11.8. The van der Waals surface area contributed by atoms with Crippen LogP contribution in [0.1, 0.15) is 23.2 Å². The van der Waals surface area contributed by atoms with Gasteiger partial charge in [-0.1, -0.05) is 0 Å². The van der Waals surface area contributed by atoms with Crippen LogP contribution >= 0.6 is 0 Å². The molecule has 1 aromatic heterocycles. The summed E-state index contributed by atoms with van der Waals surface area (Å²) < 4.78 is 53.4. The number of benzene rings is 1. The maximum atomic E-state index is 14.3. The Kier molecular flexibility index (Phi) is 6.43. The van der Waals surface area contributed by atoms with Crippen molar-refractivity contribution in [2.45, 2.75) is 18.6 Å². The van der Waals surface area contributed by atoms with E-state index in [1.165, 1.54) is 34.8 Å². The van der Waals surface area contributed by atoms with Gasteiger partial charge in [0.2, 0.25) is 0 Å². The molecule has 0 radical (unpaired) electrons. The summed E-state index contributed by atoms with van der Waals surface area (Å²) in [5, 5.41) is 0.578. The average molecular weight is 508 g/mol. The maximum absolute atomic E-state index is 14.3. The maximum Gasteiger partial charge on any atom is 0.281 e. The first-order valence-corrected chi connectivity index (χ1v) is 13.2. The Balaban J connectivity index is 1.44. The number of hydrogen-bond acceptors (Lipinski definition) is 7. The number of amides is 1.